The van der Waals surface area contributed by atoms with Gasteiger partial charge in [-0.25, -0.2) is 4.98 Å². The molecule has 0 amide bonds. The summed E-state index contributed by atoms with van der Waals surface area (Å²) in [6.07, 6.45) is 1.06. The zero-order valence-corrected chi connectivity index (χ0v) is 17.4. The first-order valence-electron chi connectivity index (χ1n) is 9.06. The zero-order chi connectivity index (χ0) is 18.9. The van der Waals surface area contributed by atoms with Crippen LogP contribution in [0.4, 0.5) is 0 Å². The summed E-state index contributed by atoms with van der Waals surface area (Å²) in [6.45, 7) is 6.95. The third kappa shape index (κ3) is 6.42. The molecule has 1 heterocycles. The molecule has 0 aliphatic heterocycles. The number of aryl methyl sites for hydroxylation is 1. The summed E-state index contributed by atoms with van der Waals surface area (Å²) in [5.41, 5.74) is 2.44. The van der Waals surface area contributed by atoms with Crippen LogP contribution in [0.5, 0.6) is 0 Å². The highest BCUT2D eigenvalue weighted by atomic mass is 32.1. The van der Waals surface area contributed by atoms with E-state index in [1.807, 2.05) is 14.0 Å². The summed E-state index contributed by atoms with van der Waals surface area (Å²) in [4.78, 5) is 13.4. The Morgan fingerprint density at radius 3 is 2.58 bits per heavy atom. The van der Waals surface area contributed by atoms with E-state index < -0.39 is 0 Å². The van der Waals surface area contributed by atoms with Crippen LogP contribution >= 0.6 is 11.3 Å². The van der Waals surface area contributed by atoms with Gasteiger partial charge in [0.05, 0.1) is 17.2 Å². The van der Waals surface area contributed by atoms with Crippen LogP contribution in [0, 0.1) is 6.92 Å². The van der Waals surface area contributed by atoms with Crippen molar-refractivity contribution in [1.82, 2.24) is 20.1 Å². The molecule has 0 aliphatic carbocycles. The molecule has 0 aliphatic rings. The minimum atomic E-state index is 0.493. The Labute approximate surface area is 161 Å². The van der Waals surface area contributed by atoms with Gasteiger partial charge in [-0.2, -0.15) is 0 Å². The fraction of sp³-hybridized carbons (Fsp3) is 0.500. The molecular weight excluding hydrogens is 342 g/mol. The lowest BCUT2D eigenvalue weighted by molar-refractivity contribution is 0.238. The predicted octanol–water partition coefficient (Wildman–Crippen LogP) is 3.37. The number of thiazole rings is 1. The highest BCUT2D eigenvalue weighted by Gasteiger charge is 2.12. The number of nitrogens with one attached hydrogen (secondary N) is 1. The molecule has 0 fully saturated rings. The topological polar surface area (TPSA) is 43.8 Å². The van der Waals surface area contributed by atoms with Gasteiger partial charge in [-0.15, -0.1) is 11.3 Å². The first-order chi connectivity index (χ1) is 12.5. The van der Waals surface area contributed by atoms with Crippen molar-refractivity contribution in [2.75, 3.05) is 27.7 Å². The number of rotatable bonds is 8. The Hall–Kier alpha value is -1.92. The van der Waals surface area contributed by atoms with Crippen molar-refractivity contribution in [3.05, 3.63) is 52.0 Å². The smallest absolute Gasteiger partial charge is 0.193 e. The van der Waals surface area contributed by atoms with Crippen LogP contribution in [0.3, 0.4) is 0 Å². The maximum atomic E-state index is 4.53. The number of benzene rings is 1. The lowest BCUT2D eigenvalue weighted by Crippen LogP contribution is -2.40. The van der Waals surface area contributed by atoms with E-state index in [2.05, 4.69) is 81.8 Å². The summed E-state index contributed by atoms with van der Waals surface area (Å²) >= 11 is 1.69. The molecule has 142 valence electrons. The van der Waals surface area contributed by atoms with Gasteiger partial charge >= 0.3 is 0 Å². The van der Waals surface area contributed by atoms with Crippen LogP contribution in [-0.4, -0.2) is 54.5 Å². The van der Waals surface area contributed by atoms with Crippen LogP contribution in [0.15, 0.2) is 40.7 Å². The standard InChI is InChI=1S/C20H31N5S/c1-16(24(4)13-18-9-7-6-8-10-18)11-12-22-20(21-3)25(5)14-19-15-26-17(2)23-19/h6-10,15-16H,11-14H2,1-5H3,(H,21,22). The van der Waals surface area contributed by atoms with E-state index in [1.54, 1.807) is 11.3 Å². The maximum absolute atomic E-state index is 4.53. The molecule has 6 heteroatoms. The molecule has 1 N–H and O–H groups in total. The van der Waals surface area contributed by atoms with Crippen molar-refractivity contribution in [3.8, 4) is 0 Å². The van der Waals surface area contributed by atoms with Gasteiger partial charge in [-0.05, 0) is 32.9 Å². The van der Waals surface area contributed by atoms with Crippen LogP contribution < -0.4 is 5.32 Å². The molecule has 1 atom stereocenters. The summed E-state index contributed by atoms with van der Waals surface area (Å²) in [6, 6.07) is 11.1. The molecule has 5 nitrogen and oxygen atoms in total. The second-order valence-electron chi connectivity index (χ2n) is 6.73. The molecule has 0 saturated carbocycles. The van der Waals surface area contributed by atoms with Gasteiger partial charge < -0.3 is 10.2 Å². The number of guanidine groups is 1. The third-order valence-electron chi connectivity index (χ3n) is 4.51. The summed E-state index contributed by atoms with van der Waals surface area (Å²) in [7, 11) is 6.06. The van der Waals surface area contributed by atoms with Gasteiger partial charge in [-0.1, -0.05) is 30.3 Å². The highest BCUT2D eigenvalue weighted by Crippen LogP contribution is 2.10. The lowest BCUT2D eigenvalue weighted by atomic mass is 10.1. The molecule has 1 aromatic heterocycles. The molecule has 0 bridgehead atoms. The average molecular weight is 374 g/mol. The van der Waals surface area contributed by atoms with Gasteiger partial charge in [0.15, 0.2) is 5.96 Å². The monoisotopic (exact) mass is 373 g/mol. The van der Waals surface area contributed by atoms with Crippen molar-refractivity contribution in [1.29, 1.82) is 0 Å². The van der Waals surface area contributed by atoms with Gasteiger partial charge in [0.2, 0.25) is 0 Å². The van der Waals surface area contributed by atoms with Crippen LogP contribution in [-0.2, 0) is 13.1 Å². The van der Waals surface area contributed by atoms with E-state index in [0.717, 1.165) is 42.7 Å². The second kappa shape index (κ2) is 10.3. The Morgan fingerprint density at radius 1 is 1.23 bits per heavy atom. The number of nitrogens with zero attached hydrogens (tertiary/aromatic N) is 4. The largest absolute Gasteiger partial charge is 0.356 e. The van der Waals surface area contributed by atoms with Crippen LogP contribution in [0.2, 0.25) is 0 Å². The molecule has 1 unspecified atom stereocenters. The number of aromatic nitrogens is 1. The molecule has 0 radical (unpaired) electrons. The van der Waals surface area contributed by atoms with E-state index in [-0.39, 0.29) is 0 Å². The fourth-order valence-corrected chi connectivity index (χ4v) is 3.43. The van der Waals surface area contributed by atoms with Crippen molar-refractivity contribution in [2.45, 2.75) is 39.4 Å². The maximum Gasteiger partial charge on any atom is 0.193 e. The van der Waals surface area contributed by atoms with Crippen LogP contribution in [0.1, 0.15) is 29.6 Å². The van der Waals surface area contributed by atoms with Crippen molar-refractivity contribution in [3.63, 3.8) is 0 Å². The Balaban J connectivity index is 1.75. The number of aliphatic imine (C=N–C) groups is 1. The normalized spacial score (nSPS) is 13.1. The minimum Gasteiger partial charge on any atom is -0.356 e. The highest BCUT2D eigenvalue weighted by molar-refractivity contribution is 7.09. The Bertz CT molecular complexity index is 683. The first-order valence-corrected chi connectivity index (χ1v) is 9.94. The van der Waals surface area contributed by atoms with E-state index in [9.17, 15) is 0 Å². The van der Waals surface area contributed by atoms with Gasteiger partial charge in [-0.3, -0.25) is 9.89 Å². The van der Waals surface area contributed by atoms with Crippen molar-refractivity contribution in [2.24, 2.45) is 4.99 Å². The SMILES string of the molecule is CN=C(NCCC(C)N(C)Cc1ccccc1)N(C)Cc1csc(C)n1. The van der Waals surface area contributed by atoms with Gasteiger partial charge in [0, 0.05) is 38.6 Å². The van der Waals surface area contributed by atoms with E-state index >= 15 is 0 Å². The van der Waals surface area contributed by atoms with Crippen LogP contribution in [0.25, 0.3) is 0 Å². The quantitative estimate of drug-likeness (QED) is 0.569. The zero-order valence-electron chi connectivity index (χ0n) is 16.6. The number of hydrogen-bond acceptors (Lipinski definition) is 4. The molecule has 26 heavy (non-hydrogen) atoms. The minimum absolute atomic E-state index is 0.493. The van der Waals surface area contributed by atoms with Gasteiger partial charge in [0.1, 0.15) is 0 Å². The molecule has 0 saturated heterocycles. The molecule has 0 spiro atoms. The third-order valence-corrected chi connectivity index (χ3v) is 5.33. The summed E-state index contributed by atoms with van der Waals surface area (Å²) in [5.74, 6) is 0.911. The van der Waals surface area contributed by atoms with E-state index in [4.69, 9.17) is 0 Å². The summed E-state index contributed by atoms with van der Waals surface area (Å²) < 4.78 is 0. The molecule has 2 aromatic rings. The molecule has 1 aromatic carbocycles. The molecule has 2 rings (SSSR count). The Morgan fingerprint density at radius 2 is 1.96 bits per heavy atom. The van der Waals surface area contributed by atoms with E-state index in [1.165, 1.54) is 5.56 Å². The summed E-state index contributed by atoms with van der Waals surface area (Å²) in [5, 5.41) is 6.68. The van der Waals surface area contributed by atoms with Crippen molar-refractivity contribution < 1.29 is 0 Å². The second-order valence-corrected chi connectivity index (χ2v) is 7.79. The average Bonchev–Trinajstić information content (AvgIpc) is 3.04. The first kappa shape index (κ1) is 20.4. The van der Waals surface area contributed by atoms with Gasteiger partial charge in [0.25, 0.3) is 0 Å². The van der Waals surface area contributed by atoms with Crippen molar-refractivity contribution >= 4 is 17.3 Å². The lowest BCUT2D eigenvalue weighted by Gasteiger charge is -2.26. The van der Waals surface area contributed by atoms with E-state index in [0.29, 0.717) is 6.04 Å². The predicted molar refractivity (Wildman–Crippen MR) is 112 cm³/mol. The fourth-order valence-electron chi connectivity index (χ4n) is 2.82. The molecular formula is C20H31N5S. The number of hydrogen-bond donors (Lipinski definition) is 1. The Kier molecular flexibility index (Phi) is 8.06.